The molecule has 0 bridgehead atoms. The van der Waals surface area contributed by atoms with Crippen molar-refractivity contribution in [2.75, 3.05) is 0 Å². The van der Waals surface area contributed by atoms with E-state index in [4.69, 9.17) is 0 Å². The van der Waals surface area contributed by atoms with Gasteiger partial charge in [-0.15, -0.1) is 0 Å². The van der Waals surface area contributed by atoms with Gasteiger partial charge in [0.1, 0.15) is 6.26 Å². The van der Waals surface area contributed by atoms with Crippen LogP contribution in [0.4, 0.5) is 13.2 Å². The molecule has 1 amide bonds. The molecule has 1 aromatic carbocycles. The molecule has 1 N–H and O–H groups in total. The van der Waals surface area contributed by atoms with Crippen molar-refractivity contribution in [3.05, 3.63) is 53.4 Å². The van der Waals surface area contributed by atoms with Crippen LogP contribution in [0.1, 0.15) is 47.9 Å². The molecule has 2 rings (SSSR count). The van der Waals surface area contributed by atoms with E-state index in [1.54, 1.807) is 6.07 Å². The number of halogens is 3. The number of aromatic nitrogens is 1. The second-order valence-corrected chi connectivity index (χ2v) is 5.66. The Morgan fingerprint density at radius 3 is 2.61 bits per heavy atom. The average molecular weight is 326 g/mol. The van der Waals surface area contributed by atoms with E-state index in [1.807, 2.05) is 13.8 Å². The molecule has 124 valence electrons. The van der Waals surface area contributed by atoms with E-state index >= 15 is 0 Å². The SMILES string of the molecule is CC(C)CC(NC(=O)c1ccon1)c1cccc(C(F)(F)F)c1. The van der Waals surface area contributed by atoms with Crippen molar-refractivity contribution in [1.82, 2.24) is 10.5 Å². The van der Waals surface area contributed by atoms with Crippen molar-refractivity contribution in [3.8, 4) is 0 Å². The molecule has 0 aliphatic heterocycles. The van der Waals surface area contributed by atoms with Gasteiger partial charge in [0.05, 0.1) is 11.6 Å². The van der Waals surface area contributed by atoms with Crippen molar-refractivity contribution in [1.29, 1.82) is 0 Å². The fraction of sp³-hybridized carbons (Fsp3) is 0.375. The zero-order valence-corrected chi connectivity index (χ0v) is 12.7. The summed E-state index contributed by atoms with van der Waals surface area (Å²) < 4.78 is 43.2. The average Bonchev–Trinajstić information content (AvgIpc) is 2.99. The van der Waals surface area contributed by atoms with Gasteiger partial charge in [0, 0.05) is 6.07 Å². The highest BCUT2D eigenvalue weighted by atomic mass is 19.4. The second-order valence-electron chi connectivity index (χ2n) is 5.66. The molecule has 4 nitrogen and oxygen atoms in total. The summed E-state index contributed by atoms with van der Waals surface area (Å²) in [5.41, 5.74) is -0.240. The highest BCUT2D eigenvalue weighted by Gasteiger charge is 2.31. The van der Waals surface area contributed by atoms with Crippen LogP contribution in [0, 0.1) is 5.92 Å². The minimum absolute atomic E-state index is 0.0886. The fourth-order valence-corrected chi connectivity index (χ4v) is 2.24. The van der Waals surface area contributed by atoms with Crippen LogP contribution in [0.2, 0.25) is 0 Å². The predicted octanol–water partition coefficient (Wildman–Crippen LogP) is 4.21. The minimum Gasteiger partial charge on any atom is -0.364 e. The summed E-state index contributed by atoms with van der Waals surface area (Å²) in [4.78, 5) is 12.1. The van der Waals surface area contributed by atoms with Gasteiger partial charge in [-0.05, 0) is 30.0 Å². The van der Waals surface area contributed by atoms with Crippen LogP contribution >= 0.6 is 0 Å². The fourth-order valence-electron chi connectivity index (χ4n) is 2.24. The molecule has 0 fully saturated rings. The number of nitrogens with zero attached hydrogens (tertiary/aromatic N) is 1. The Morgan fingerprint density at radius 1 is 1.30 bits per heavy atom. The lowest BCUT2D eigenvalue weighted by Crippen LogP contribution is -2.30. The molecule has 23 heavy (non-hydrogen) atoms. The molecule has 0 aliphatic carbocycles. The van der Waals surface area contributed by atoms with E-state index in [0.29, 0.717) is 12.0 Å². The van der Waals surface area contributed by atoms with Gasteiger partial charge in [-0.3, -0.25) is 4.79 Å². The topological polar surface area (TPSA) is 55.1 Å². The summed E-state index contributed by atoms with van der Waals surface area (Å²) in [6, 6.07) is 5.85. The summed E-state index contributed by atoms with van der Waals surface area (Å²) >= 11 is 0. The molecule has 0 spiro atoms. The second kappa shape index (κ2) is 6.85. The van der Waals surface area contributed by atoms with E-state index in [1.165, 1.54) is 18.4 Å². The Morgan fingerprint density at radius 2 is 2.04 bits per heavy atom. The number of amides is 1. The monoisotopic (exact) mass is 326 g/mol. The largest absolute Gasteiger partial charge is 0.416 e. The highest BCUT2D eigenvalue weighted by molar-refractivity contribution is 5.92. The highest BCUT2D eigenvalue weighted by Crippen LogP contribution is 2.32. The third-order valence-electron chi connectivity index (χ3n) is 3.30. The van der Waals surface area contributed by atoms with Crippen molar-refractivity contribution < 1.29 is 22.5 Å². The number of hydrogen-bond acceptors (Lipinski definition) is 3. The molecule has 1 aromatic heterocycles. The van der Waals surface area contributed by atoms with Crippen LogP contribution in [0.3, 0.4) is 0 Å². The minimum atomic E-state index is -4.42. The number of carbonyl (C=O) groups is 1. The van der Waals surface area contributed by atoms with Crippen LogP contribution in [0.5, 0.6) is 0 Å². The Kier molecular flexibility index (Phi) is 5.08. The maximum absolute atomic E-state index is 12.9. The Bertz CT molecular complexity index is 652. The molecule has 1 atom stereocenters. The van der Waals surface area contributed by atoms with Gasteiger partial charge in [-0.25, -0.2) is 0 Å². The van der Waals surface area contributed by atoms with Crippen LogP contribution in [-0.4, -0.2) is 11.1 Å². The third kappa shape index (κ3) is 4.58. The molecule has 1 heterocycles. The molecule has 2 aromatic rings. The van der Waals surface area contributed by atoms with Gasteiger partial charge < -0.3 is 9.84 Å². The zero-order chi connectivity index (χ0) is 17.0. The molecule has 0 saturated heterocycles. The van der Waals surface area contributed by atoms with Gasteiger partial charge in [0.25, 0.3) is 5.91 Å². The first-order chi connectivity index (χ1) is 10.8. The number of rotatable bonds is 5. The lowest BCUT2D eigenvalue weighted by atomic mass is 9.95. The van der Waals surface area contributed by atoms with Crippen LogP contribution < -0.4 is 5.32 Å². The van der Waals surface area contributed by atoms with Gasteiger partial charge in [0.15, 0.2) is 5.69 Å². The molecule has 0 radical (unpaired) electrons. The summed E-state index contributed by atoms with van der Waals surface area (Å²) in [6.45, 7) is 3.87. The van der Waals surface area contributed by atoms with Crippen molar-refractivity contribution in [2.24, 2.45) is 5.92 Å². The van der Waals surface area contributed by atoms with E-state index in [9.17, 15) is 18.0 Å². The standard InChI is InChI=1S/C16H17F3N2O2/c1-10(2)8-14(20-15(22)13-6-7-23-21-13)11-4-3-5-12(9-11)16(17,18)19/h3-7,9-10,14H,8H2,1-2H3,(H,20,22). The Labute approximate surface area is 131 Å². The van der Waals surface area contributed by atoms with Gasteiger partial charge >= 0.3 is 6.18 Å². The van der Waals surface area contributed by atoms with Gasteiger partial charge in [-0.2, -0.15) is 13.2 Å². The summed E-state index contributed by atoms with van der Waals surface area (Å²) in [5, 5.41) is 6.25. The van der Waals surface area contributed by atoms with Gasteiger partial charge in [0.2, 0.25) is 0 Å². The van der Waals surface area contributed by atoms with Crippen LogP contribution in [0.15, 0.2) is 41.1 Å². The van der Waals surface area contributed by atoms with E-state index in [0.717, 1.165) is 12.1 Å². The maximum atomic E-state index is 12.9. The molecule has 0 aliphatic rings. The van der Waals surface area contributed by atoms with E-state index < -0.39 is 23.7 Å². The van der Waals surface area contributed by atoms with Gasteiger partial charge in [-0.1, -0.05) is 31.1 Å². The maximum Gasteiger partial charge on any atom is 0.416 e. The quantitative estimate of drug-likeness (QED) is 0.895. The normalized spacial score (nSPS) is 13.1. The van der Waals surface area contributed by atoms with Crippen molar-refractivity contribution in [2.45, 2.75) is 32.5 Å². The number of carbonyl (C=O) groups excluding carboxylic acids is 1. The number of alkyl halides is 3. The Hall–Kier alpha value is -2.31. The summed E-state index contributed by atoms with van der Waals surface area (Å²) in [5.74, 6) is -0.297. The molecule has 1 unspecified atom stereocenters. The van der Waals surface area contributed by atoms with Crippen LogP contribution in [0.25, 0.3) is 0 Å². The van der Waals surface area contributed by atoms with E-state index in [2.05, 4.69) is 15.0 Å². The zero-order valence-electron chi connectivity index (χ0n) is 12.7. The number of hydrogen-bond donors (Lipinski definition) is 1. The number of nitrogens with one attached hydrogen (secondary N) is 1. The molecular weight excluding hydrogens is 309 g/mol. The van der Waals surface area contributed by atoms with E-state index in [-0.39, 0.29) is 11.6 Å². The molecule has 0 saturated carbocycles. The first-order valence-electron chi connectivity index (χ1n) is 7.15. The first-order valence-corrected chi connectivity index (χ1v) is 7.15. The predicted molar refractivity (Wildman–Crippen MR) is 77.6 cm³/mol. The lowest BCUT2D eigenvalue weighted by Gasteiger charge is -2.21. The summed E-state index contributed by atoms with van der Waals surface area (Å²) in [6.07, 6.45) is -2.66. The van der Waals surface area contributed by atoms with Crippen molar-refractivity contribution >= 4 is 5.91 Å². The van der Waals surface area contributed by atoms with Crippen molar-refractivity contribution in [3.63, 3.8) is 0 Å². The Balaban J connectivity index is 2.26. The molecule has 7 heteroatoms. The lowest BCUT2D eigenvalue weighted by molar-refractivity contribution is -0.137. The first kappa shape index (κ1) is 17.1. The smallest absolute Gasteiger partial charge is 0.364 e. The number of benzene rings is 1. The van der Waals surface area contributed by atoms with Crippen LogP contribution in [-0.2, 0) is 6.18 Å². The molecular formula is C16H17F3N2O2. The summed E-state index contributed by atoms with van der Waals surface area (Å²) in [7, 11) is 0. The third-order valence-corrected chi connectivity index (χ3v) is 3.30.